The van der Waals surface area contributed by atoms with E-state index < -0.39 is 5.97 Å². The topological polar surface area (TPSA) is 37.3 Å². The molecule has 1 aromatic carbocycles. The molecule has 1 heterocycles. The molecule has 1 aromatic rings. The van der Waals surface area contributed by atoms with Crippen molar-refractivity contribution in [1.82, 2.24) is 0 Å². The second-order valence-corrected chi connectivity index (χ2v) is 6.06. The first-order chi connectivity index (χ1) is 8.77. The van der Waals surface area contributed by atoms with Gasteiger partial charge >= 0.3 is 5.97 Å². The normalized spacial score (nSPS) is 16.7. The van der Waals surface area contributed by atoms with Crippen LogP contribution in [0.5, 0.6) is 0 Å². The van der Waals surface area contributed by atoms with Crippen LogP contribution in [-0.4, -0.2) is 22.6 Å². The molecule has 3 heteroatoms. The average Bonchev–Trinajstić information content (AvgIpc) is 2.40. The number of carbonyl (C=O) groups is 1. The van der Waals surface area contributed by atoms with Crippen LogP contribution in [0.3, 0.4) is 0 Å². The molecule has 18 heavy (non-hydrogen) atoms. The van der Waals surface area contributed by atoms with E-state index >= 15 is 0 Å². The molecule has 0 saturated carbocycles. The fourth-order valence-electron chi connectivity index (χ4n) is 2.60. The number of aliphatic carboxylic acids is 1. The lowest BCUT2D eigenvalue weighted by atomic mass is 9.88. The summed E-state index contributed by atoms with van der Waals surface area (Å²) < 4.78 is 0. The molecule has 0 aromatic heterocycles. The predicted octanol–water partition coefficient (Wildman–Crippen LogP) is 3.70. The van der Waals surface area contributed by atoms with Crippen LogP contribution in [0.1, 0.15) is 42.7 Å². The maximum Gasteiger partial charge on any atom is 0.303 e. The molecule has 0 amide bonds. The molecule has 2 nitrogen and oxygen atoms in total. The lowest BCUT2D eigenvalue weighted by Crippen LogP contribution is -2.10. The molecule has 1 N–H and O–H groups in total. The van der Waals surface area contributed by atoms with Crippen molar-refractivity contribution in [3.05, 3.63) is 35.4 Å². The zero-order valence-electron chi connectivity index (χ0n) is 10.6. The Morgan fingerprint density at radius 2 is 2.00 bits per heavy atom. The van der Waals surface area contributed by atoms with Crippen molar-refractivity contribution in [1.29, 1.82) is 0 Å². The third kappa shape index (κ3) is 3.77. The van der Waals surface area contributed by atoms with Crippen molar-refractivity contribution in [3.63, 3.8) is 0 Å². The summed E-state index contributed by atoms with van der Waals surface area (Å²) in [5.41, 5.74) is 2.82. The van der Waals surface area contributed by atoms with Crippen LogP contribution in [0, 0.1) is 0 Å². The van der Waals surface area contributed by atoms with E-state index in [9.17, 15) is 4.79 Å². The number of hydrogen-bond donors (Lipinski definition) is 1. The Morgan fingerprint density at radius 3 is 2.72 bits per heavy atom. The van der Waals surface area contributed by atoms with Gasteiger partial charge in [-0.1, -0.05) is 24.3 Å². The monoisotopic (exact) mass is 264 g/mol. The fraction of sp³-hybridized carbons (Fsp3) is 0.533. The van der Waals surface area contributed by atoms with Gasteiger partial charge in [0.25, 0.3) is 0 Å². The Bertz CT molecular complexity index is 397. The Morgan fingerprint density at radius 1 is 1.28 bits per heavy atom. The van der Waals surface area contributed by atoms with Gasteiger partial charge in [0.05, 0.1) is 0 Å². The minimum atomic E-state index is -0.693. The Balaban J connectivity index is 2.02. The van der Waals surface area contributed by atoms with E-state index in [1.165, 1.54) is 35.5 Å². The zero-order chi connectivity index (χ0) is 12.8. The van der Waals surface area contributed by atoms with E-state index in [0.29, 0.717) is 5.92 Å². The number of aryl methyl sites for hydroxylation is 1. The van der Waals surface area contributed by atoms with Crippen LogP contribution in [0.15, 0.2) is 24.3 Å². The molecule has 1 saturated heterocycles. The average molecular weight is 264 g/mol. The summed E-state index contributed by atoms with van der Waals surface area (Å²) in [6.07, 6.45) is 4.44. The lowest BCUT2D eigenvalue weighted by Gasteiger charge is -2.24. The molecular formula is C15H20O2S. The van der Waals surface area contributed by atoms with Crippen molar-refractivity contribution < 1.29 is 9.90 Å². The van der Waals surface area contributed by atoms with Gasteiger partial charge in [-0.2, -0.15) is 11.8 Å². The van der Waals surface area contributed by atoms with Crippen LogP contribution in [0.25, 0.3) is 0 Å². The summed E-state index contributed by atoms with van der Waals surface area (Å²) in [5.74, 6) is 2.51. The molecular weight excluding hydrogens is 244 g/mol. The van der Waals surface area contributed by atoms with Crippen LogP contribution in [-0.2, 0) is 11.2 Å². The molecule has 1 aliphatic rings. The van der Waals surface area contributed by atoms with Gasteiger partial charge in [0.15, 0.2) is 0 Å². The fourth-order valence-corrected chi connectivity index (χ4v) is 3.71. The molecule has 98 valence electrons. The van der Waals surface area contributed by atoms with Crippen LogP contribution >= 0.6 is 11.8 Å². The van der Waals surface area contributed by atoms with Gasteiger partial charge < -0.3 is 5.11 Å². The number of thioether (sulfide) groups is 1. The zero-order valence-corrected chi connectivity index (χ0v) is 11.4. The highest BCUT2D eigenvalue weighted by molar-refractivity contribution is 7.99. The van der Waals surface area contributed by atoms with Crippen molar-refractivity contribution in [3.8, 4) is 0 Å². The SMILES string of the molecule is O=C(O)CCCc1ccccc1C1CCSCC1. The van der Waals surface area contributed by atoms with E-state index in [1.54, 1.807) is 0 Å². The summed E-state index contributed by atoms with van der Waals surface area (Å²) in [5, 5.41) is 8.71. The summed E-state index contributed by atoms with van der Waals surface area (Å²) in [7, 11) is 0. The molecule has 0 atom stereocenters. The highest BCUT2D eigenvalue weighted by atomic mass is 32.2. The van der Waals surface area contributed by atoms with E-state index in [-0.39, 0.29) is 6.42 Å². The van der Waals surface area contributed by atoms with E-state index in [1.807, 2.05) is 11.8 Å². The third-order valence-electron chi connectivity index (χ3n) is 3.55. The Hall–Kier alpha value is -0.960. The summed E-state index contributed by atoms with van der Waals surface area (Å²) >= 11 is 2.04. The number of carboxylic acid groups (broad SMARTS) is 1. The largest absolute Gasteiger partial charge is 0.481 e. The summed E-state index contributed by atoms with van der Waals surface area (Å²) in [6, 6.07) is 8.57. The quantitative estimate of drug-likeness (QED) is 0.881. The van der Waals surface area contributed by atoms with Crippen molar-refractivity contribution in [2.24, 2.45) is 0 Å². The van der Waals surface area contributed by atoms with Crippen LogP contribution in [0.4, 0.5) is 0 Å². The van der Waals surface area contributed by atoms with Gasteiger partial charge in [-0.25, -0.2) is 0 Å². The van der Waals surface area contributed by atoms with E-state index in [2.05, 4.69) is 24.3 Å². The first-order valence-corrected chi connectivity index (χ1v) is 7.80. The first-order valence-electron chi connectivity index (χ1n) is 6.64. The van der Waals surface area contributed by atoms with Crippen LogP contribution < -0.4 is 0 Å². The molecule has 1 aliphatic heterocycles. The minimum Gasteiger partial charge on any atom is -0.481 e. The van der Waals surface area contributed by atoms with Crippen molar-refractivity contribution in [2.45, 2.75) is 38.0 Å². The molecule has 2 rings (SSSR count). The Kier molecular flexibility index (Phi) is 5.12. The van der Waals surface area contributed by atoms with Crippen molar-refractivity contribution >= 4 is 17.7 Å². The Labute approximate surface area is 113 Å². The van der Waals surface area contributed by atoms with Gasteiger partial charge in [0, 0.05) is 6.42 Å². The van der Waals surface area contributed by atoms with Gasteiger partial charge in [-0.3, -0.25) is 4.79 Å². The maximum atomic E-state index is 10.6. The summed E-state index contributed by atoms with van der Waals surface area (Å²) in [6.45, 7) is 0. The second kappa shape index (κ2) is 6.83. The van der Waals surface area contributed by atoms with Gasteiger partial charge in [0.1, 0.15) is 0 Å². The smallest absolute Gasteiger partial charge is 0.303 e. The molecule has 0 aliphatic carbocycles. The molecule has 0 bridgehead atoms. The molecule has 0 unspecified atom stereocenters. The minimum absolute atomic E-state index is 0.273. The van der Waals surface area contributed by atoms with E-state index in [0.717, 1.165) is 12.8 Å². The van der Waals surface area contributed by atoms with Gasteiger partial charge in [0.2, 0.25) is 0 Å². The lowest BCUT2D eigenvalue weighted by molar-refractivity contribution is -0.137. The number of carboxylic acids is 1. The predicted molar refractivity (Wildman–Crippen MR) is 76.3 cm³/mol. The number of hydrogen-bond acceptors (Lipinski definition) is 2. The highest BCUT2D eigenvalue weighted by Crippen LogP contribution is 2.33. The van der Waals surface area contributed by atoms with Gasteiger partial charge in [-0.15, -0.1) is 0 Å². The maximum absolute atomic E-state index is 10.6. The summed E-state index contributed by atoms with van der Waals surface area (Å²) in [4.78, 5) is 10.6. The second-order valence-electron chi connectivity index (χ2n) is 4.83. The van der Waals surface area contributed by atoms with Crippen molar-refractivity contribution in [2.75, 3.05) is 11.5 Å². The van der Waals surface area contributed by atoms with Crippen LogP contribution in [0.2, 0.25) is 0 Å². The molecule has 1 fully saturated rings. The molecule has 0 spiro atoms. The highest BCUT2D eigenvalue weighted by Gasteiger charge is 2.18. The standard InChI is InChI=1S/C15H20O2S/c16-15(17)7-3-5-12-4-1-2-6-14(12)13-8-10-18-11-9-13/h1-2,4,6,13H,3,5,7-11H2,(H,16,17). The number of rotatable bonds is 5. The number of benzene rings is 1. The van der Waals surface area contributed by atoms with E-state index in [4.69, 9.17) is 5.11 Å². The first kappa shape index (κ1) is 13.5. The third-order valence-corrected chi connectivity index (χ3v) is 4.60. The molecule has 0 radical (unpaired) electrons. The van der Waals surface area contributed by atoms with Gasteiger partial charge in [-0.05, 0) is 54.2 Å².